The predicted octanol–water partition coefficient (Wildman–Crippen LogP) is 5.85. The van der Waals surface area contributed by atoms with Crippen molar-refractivity contribution >= 4 is 45.2 Å². The molecule has 0 saturated carbocycles. The molecule has 0 spiro atoms. The van der Waals surface area contributed by atoms with E-state index in [4.69, 9.17) is 16.0 Å². The fourth-order valence-electron chi connectivity index (χ4n) is 2.82. The maximum Gasteiger partial charge on any atom is 0.345 e. The summed E-state index contributed by atoms with van der Waals surface area (Å²) in [6, 6.07) is 16.7. The molecule has 0 fully saturated rings. The Morgan fingerprint density at radius 1 is 1.28 bits per heavy atom. The molecule has 4 rings (SSSR count). The first-order valence-corrected chi connectivity index (χ1v) is 9.93. The maximum absolute atomic E-state index is 12.4. The van der Waals surface area contributed by atoms with Crippen LogP contribution >= 0.6 is 22.9 Å². The van der Waals surface area contributed by atoms with Crippen molar-refractivity contribution in [3.63, 3.8) is 0 Å². The molecule has 0 aliphatic heterocycles. The zero-order valence-corrected chi connectivity index (χ0v) is 16.8. The second-order valence-electron chi connectivity index (χ2n) is 6.25. The molecule has 2 aromatic carbocycles. The Hall–Kier alpha value is -3.40. The van der Waals surface area contributed by atoms with Gasteiger partial charge in [-0.2, -0.15) is 5.26 Å². The van der Waals surface area contributed by atoms with Crippen LogP contribution in [0.25, 0.3) is 27.8 Å². The van der Waals surface area contributed by atoms with Gasteiger partial charge in [0.25, 0.3) is 0 Å². The minimum Gasteiger partial charge on any atom is -0.422 e. The van der Waals surface area contributed by atoms with Crippen LogP contribution in [0.15, 0.2) is 69.3 Å². The number of halogens is 1. The largest absolute Gasteiger partial charge is 0.422 e. The molecule has 0 saturated heterocycles. The van der Waals surface area contributed by atoms with Gasteiger partial charge in [-0.3, -0.25) is 0 Å². The summed E-state index contributed by atoms with van der Waals surface area (Å²) in [7, 11) is 0. The zero-order valence-electron chi connectivity index (χ0n) is 15.3. The average molecular weight is 420 g/mol. The van der Waals surface area contributed by atoms with Crippen LogP contribution in [-0.4, -0.2) is 4.98 Å². The number of nitrogens with zero attached hydrogens (tertiary/aromatic N) is 2. The van der Waals surface area contributed by atoms with Gasteiger partial charge >= 0.3 is 5.63 Å². The Labute approximate surface area is 175 Å². The molecule has 2 heterocycles. The van der Waals surface area contributed by atoms with Crippen molar-refractivity contribution in [3.8, 4) is 17.3 Å². The number of hydrogen-bond acceptors (Lipinski definition) is 6. The molecule has 1 N–H and O–H groups in total. The quantitative estimate of drug-likeness (QED) is 0.331. The van der Waals surface area contributed by atoms with Gasteiger partial charge in [0.15, 0.2) is 0 Å². The third-order valence-electron chi connectivity index (χ3n) is 4.41. The van der Waals surface area contributed by atoms with Gasteiger partial charge in [0.2, 0.25) is 0 Å². The van der Waals surface area contributed by atoms with E-state index in [1.807, 2.05) is 37.3 Å². The fourth-order valence-corrected chi connectivity index (χ4v) is 3.78. The van der Waals surface area contributed by atoms with Crippen molar-refractivity contribution in [3.05, 3.63) is 86.1 Å². The van der Waals surface area contributed by atoms with Gasteiger partial charge in [0.05, 0.1) is 11.3 Å². The highest BCUT2D eigenvalue weighted by molar-refractivity contribution is 7.11. The van der Waals surface area contributed by atoms with Crippen molar-refractivity contribution in [2.75, 3.05) is 5.32 Å². The van der Waals surface area contributed by atoms with Crippen molar-refractivity contribution < 1.29 is 4.42 Å². The van der Waals surface area contributed by atoms with Gasteiger partial charge in [0.1, 0.15) is 22.2 Å². The number of nitrogens with one attached hydrogen (secondary N) is 1. The van der Waals surface area contributed by atoms with E-state index in [0.717, 1.165) is 16.6 Å². The first-order chi connectivity index (χ1) is 14.1. The van der Waals surface area contributed by atoms with Crippen molar-refractivity contribution in [1.29, 1.82) is 5.26 Å². The molecule has 0 radical (unpaired) electrons. The van der Waals surface area contributed by atoms with Crippen molar-refractivity contribution in [2.24, 2.45) is 0 Å². The number of hydrogen-bond donors (Lipinski definition) is 1. The fraction of sp³-hybridized carbons (Fsp3) is 0.0455. The van der Waals surface area contributed by atoms with E-state index in [2.05, 4.69) is 16.4 Å². The van der Waals surface area contributed by atoms with Gasteiger partial charge in [-0.1, -0.05) is 35.9 Å². The van der Waals surface area contributed by atoms with E-state index in [9.17, 15) is 10.1 Å². The lowest BCUT2D eigenvalue weighted by molar-refractivity contribution is 0.563. The van der Waals surface area contributed by atoms with Gasteiger partial charge < -0.3 is 9.73 Å². The van der Waals surface area contributed by atoms with Crippen molar-refractivity contribution in [2.45, 2.75) is 6.92 Å². The maximum atomic E-state index is 12.4. The zero-order chi connectivity index (χ0) is 20.4. The molecule has 0 unspecified atom stereocenters. The molecule has 29 heavy (non-hydrogen) atoms. The van der Waals surface area contributed by atoms with E-state index < -0.39 is 5.63 Å². The monoisotopic (exact) mass is 419 g/mol. The summed E-state index contributed by atoms with van der Waals surface area (Å²) in [5, 5.41) is 16.4. The molecule has 0 atom stereocenters. The van der Waals surface area contributed by atoms with Gasteiger partial charge in [-0.15, -0.1) is 11.3 Å². The van der Waals surface area contributed by atoms with E-state index in [1.165, 1.54) is 11.3 Å². The molecular weight excluding hydrogens is 406 g/mol. The molecule has 4 aromatic rings. The minimum atomic E-state index is -0.462. The molecule has 0 aliphatic carbocycles. The lowest BCUT2D eigenvalue weighted by atomic mass is 10.1. The Kier molecular flexibility index (Phi) is 5.17. The predicted molar refractivity (Wildman–Crippen MR) is 117 cm³/mol. The highest BCUT2D eigenvalue weighted by Gasteiger charge is 2.14. The number of allylic oxidation sites excluding steroid dienone is 1. The number of benzene rings is 2. The Morgan fingerprint density at radius 2 is 2.10 bits per heavy atom. The summed E-state index contributed by atoms with van der Waals surface area (Å²) in [5.41, 5.74) is 2.94. The van der Waals surface area contributed by atoms with E-state index in [-0.39, 0.29) is 0 Å². The Morgan fingerprint density at radius 3 is 2.93 bits per heavy atom. The minimum absolute atomic E-state index is 0.353. The molecule has 0 amide bonds. The van der Waals surface area contributed by atoms with Crippen LogP contribution in [-0.2, 0) is 0 Å². The van der Waals surface area contributed by atoms with E-state index in [1.54, 1.807) is 29.8 Å². The smallest absolute Gasteiger partial charge is 0.345 e. The molecular formula is C22H14ClN3O2S. The second-order valence-corrected chi connectivity index (χ2v) is 7.52. The number of fused-ring (bicyclic) bond motifs is 1. The second kappa shape index (κ2) is 7.92. The first-order valence-electron chi connectivity index (χ1n) is 8.68. The van der Waals surface area contributed by atoms with Crippen LogP contribution in [0.1, 0.15) is 10.6 Å². The summed E-state index contributed by atoms with van der Waals surface area (Å²) < 4.78 is 5.38. The van der Waals surface area contributed by atoms with Gasteiger partial charge in [-0.25, -0.2) is 9.78 Å². The summed E-state index contributed by atoms with van der Waals surface area (Å²) in [4.78, 5) is 16.8. The standard InChI is InChI=1S/C22H14ClN3O2S/c1-13-17(23)6-4-7-18(13)25-11-15(10-24)21-26-19(12-29-21)16-9-14-5-2-3-8-20(14)28-22(16)27/h2-9,11-12,25H,1H3. The summed E-state index contributed by atoms with van der Waals surface area (Å²) in [5.74, 6) is 0. The number of anilines is 1. The summed E-state index contributed by atoms with van der Waals surface area (Å²) in [6.07, 6.45) is 1.59. The van der Waals surface area contributed by atoms with Gasteiger partial charge in [-0.05, 0) is 36.8 Å². The van der Waals surface area contributed by atoms with Crippen LogP contribution in [0, 0.1) is 18.3 Å². The van der Waals surface area contributed by atoms with Crippen LogP contribution in [0.2, 0.25) is 5.02 Å². The normalized spacial score (nSPS) is 11.4. The van der Waals surface area contributed by atoms with Crippen LogP contribution in [0.5, 0.6) is 0 Å². The topological polar surface area (TPSA) is 78.9 Å². The number of rotatable bonds is 4. The van der Waals surface area contributed by atoms with Crippen LogP contribution in [0.3, 0.4) is 0 Å². The third-order valence-corrected chi connectivity index (χ3v) is 5.70. The molecule has 0 aliphatic rings. The highest BCUT2D eigenvalue weighted by atomic mass is 35.5. The van der Waals surface area contributed by atoms with Crippen LogP contribution in [0.4, 0.5) is 5.69 Å². The number of para-hydroxylation sites is 1. The summed E-state index contributed by atoms with van der Waals surface area (Å²) >= 11 is 7.42. The van der Waals surface area contributed by atoms with Crippen molar-refractivity contribution in [1.82, 2.24) is 4.98 Å². The van der Waals surface area contributed by atoms with E-state index >= 15 is 0 Å². The Bertz CT molecular complexity index is 1350. The molecule has 142 valence electrons. The lowest BCUT2D eigenvalue weighted by Crippen LogP contribution is -2.02. The Balaban J connectivity index is 1.67. The number of nitriles is 1. The molecule has 2 aromatic heterocycles. The highest BCUT2D eigenvalue weighted by Crippen LogP contribution is 2.27. The first kappa shape index (κ1) is 18.9. The van der Waals surface area contributed by atoms with E-state index in [0.29, 0.717) is 32.4 Å². The lowest BCUT2D eigenvalue weighted by Gasteiger charge is -2.07. The number of aromatic nitrogens is 1. The average Bonchev–Trinajstić information content (AvgIpc) is 3.20. The van der Waals surface area contributed by atoms with Gasteiger partial charge in [0, 0.05) is 27.7 Å². The SMILES string of the molecule is Cc1c(Cl)cccc1NC=C(C#N)c1nc(-c2cc3ccccc3oc2=O)cs1. The molecule has 5 nitrogen and oxygen atoms in total. The summed E-state index contributed by atoms with van der Waals surface area (Å²) in [6.45, 7) is 1.89. The molecule has 7 heteroatoms. The third kappa shape index (κ3) is 3.79. The number of thiazole rings is 1. The molecule has 0 bridgehead atoms. The van der Waals surface area contributed by atoms with Crippen LogP contribution < -0.4 is 10.9 Å².